The van der Waals surface area contributed by atoms with E-state index < -0.39 is 0 Å². The fourth-order valence-corrected chi connectivity index (χ4v) is 6.94. The van der Waals surface area contributed by atoms with Crippen LogP contribution in [-0.4, -0.2) is 3.21 Å². The summed E-state index contributed by atoms with van der Waals surface area (Å²) in [6, 6.07) is 32.7. The van der Waals surface area contributed by atoms with Crippen LogP contribution < -0.4 is 24.8 Å². The van der Waals surface area contributed by atoms with Gasteiger partial charge < -0.3 is 24.8 Å². The molecule has 0 fully saturated rings. The first-order chi connectivity index (χ1) is 21.9. The Morgan fingerprint density at radius 2 is 1.22 bits per heavy atom. The van der Waals surface area contributed by atoms with Gasteiger partial charge in [0.25, 0.3) is 0 Å². The average Bonchev–Trinajstić information content (AvgIpc) is 3.55. The number of benzene rings is 4. The number of fused-ring (bicyclic) bond motifs is 3. The molecule has 0 saturated carbocycles. The molecule has 0 amide bonds. The van der Waals surface area contributed by atoms with Crippen LogP contribution in [0.3, 0.4) is 0 Å². The van der Waals surface area contributed by atoms with Crippen LogP contribution >= 0.6 is 0 Å². The van der Waals surface area contributed by atoms with Gasteiger partial charge in [0, 0.05) is 0 Å². The fraction of sp³-hybridized carbons (Fsp3) is 0.370. The summed E-state index contributed by atoms with van der Waals surface area (Å²) in [5.41, 5.74) is 16.8. The molecule has 0 aromatic heterocycles. The first-order valence-electron chi connectivity index (χ1n) is 17.2. The normalized spacial score (nSPS) is 14.5. The van der Waals surface area contributed by atoms with Crippen LogP contribution in [-0.2, 0) is 41.5 Å². The minimum absolute atomic E-state index is 0. The number of allylic oxidation sites excluding steroid dienone is 4. The van der Waals surface area contributed by atoms with Crippen LogP contribution in [0.1, 0.15) is 114 Å². The average molecular weight is 769 g/mol. The van der Waals surface area contributed by atoms with Crippen molar-refractivity contribution < 1.29 is 49.0 Å². The Hall–Kier alpha value is -2.31. The van der Waals surface area contributed by atoms with Crippen LogP contribution in [0.5, 0.6) is 0 Å². The summed E-state index contributed by atoms with van der Waals surface area (Å²) in [5.74, 6) is 1.20. The third-order valence-corrected chi connectivity index (χ3v) is 10.5. The largest absolute Gasteiger partial charge is 1.00 e. The summed E-state index contributed by atoms with van der Waals surface area (Å²) in [6.45, 7) is 26.6. The van der Waals surface area contributed by atoms with Gasteiger partial charge in [-0.2, -0.15) is 35.4 Å². The first kappa shape index (κ1) is 42.9. The van der Waals surface area contributed by atoms with Crippen molar-refractivity contribution in [2.45, 2.75) is 100 Å². The molecule has 2 aliphatic carbocycles. The Morgan fingerprint density at radius 3 is 1.63 bits per heavy atom. The molecule has 0 aliphatic heterocycles. The van der Waals surface area contributed by atoms with Gasteiger partial charge in [0.2, 0.25) is 0 Å². The van der Waals surface area contributed by atoms with E-state index in [1.807, 2.05) is 0 Å². The van der Waals surface area contributed by atoms with Gasteiger partial charge in [-0.1, -0.05) is 105 Å². The second-order valence-corrected chi connectivity index (χ2v) is 17.0. The van der Waals surface area contributed by atoms with Crippen molar-refractivity contribution in [3.05, 3.63) is 153 Å². The zero-order chi connectivity index (χ0) is 34.7. The van der Waals surface area contributed by atoms with Crippen molar-refractivity contribution in [3.63, 3.8) is 0 Å². The maximum absolute atomic E-state index is 3.67. The molecule has 3 heteroatoms. The van der Waals surface area contributed by atoms with Gasteiger partial charge in [0.15, 0.2) is 0 Å². The van der Waals surface area contributed by atoms with E-state index in [1.54, 1.807) is 0 Å². The molecule has 0 radical (unpaired) electrons. The molecule has 0 bridgehead atoms. The summed E-state index contributed by atoms with van der Waals surface area (Å²) >= 11 is 1.46. The smallest absolute Gasteiger partial charge is 1.00 e. The van der Waals surface area contributed by atoms with E-state index >= 15 is 0 Å². The molecule has 1 unspecified atom stereocenters. The predicted octanol–water partition coefficient (Wildman–Crippen LogP) is 6.05. The van der Waals surface area contributed by atoms with Gasteiger partial charge in [0.1, 0.15) is 0 Å². The van der Waals surface area contributed by atoms with Gasteiger partial charge in [-0.05, 0) is 28.4 Å². The predicted molar refractivity (Wildman–Crippen MR) is 201 cm³/mol. The van der Waals surface area contributed by atoms with E-state index in [4.69, 9.17) is 0 Å². The molecule has 6 rings (SSSR count). The molecule has 2 aliphatic rings. The third-order valence-electron chi connectivity index (χ3n) is 9.07. The molecular weight excluding hydrogens is 715 g/mol. The number of hydrogen-bond acceptors (Lipinski definition) is 0. The molecule has 0 nitrogen and oxygen atoms in total. The second-order valence-electron chi connectivity index (χ2n) is 15.8. The van der Waals surface area contributed by atoms with Crippen LogP contribution in [0.4, 0.5) is 0 Å². The molecule has 49 heavy (non-hydrogen) atoms. The topological polar surface area (TPSA) is 0 Å². The Kier molecular flexibility index (Phi) is 15.5. The van der Waals surface area contributed by atoms with Crippen LogP contribution in [0.15, 0.2) is 96.1 Å². The Labute approximate surface area is 326 Å². The summed E-state index contributed by atoms with van der Waals surface area (Å²) in [5, 5.41) is 0. The van der Waals surface area contributed by atoms with Crippen molar-refractivity contribution >= 4 is 3.21 Å². The molecule has 0 N–H and O–H groups in total. The summed E-state index contributed by atoms with van der Waals surface area (Å²) in [7, 11) is 0. The summed E-state index contributed by atoms with van der Waals surface area (Å²) in [4.78, 5) is 0. The standard InChI is InChI=1S/C21H25.C15H14.C10H15.2ClH.Zr/c1-20(2,3)16-7-9-18-14(12-16)11-15-13-17(21(4,5)6)8-10-19(15)18;1-12-3-7-14(8-4-12)11-15-9-5-13(2)6-10-15;1-7(2)10-6-8(3)5-9(10)4;;;/h7-10,12H,11H2,1-6H3;3-10H,1-2H3;6-8H,1-4H3;2*1H;/q-1;;-1;;;+2/p-2. The van der Waals surface area contributed by atoms with Crippen LogP contribution in [0.2, 0.25) is 0 Å². The maximum Gasteiger partial charge on any atom is -1.00 e. The van der Waals surface area contributed by atoms with E-state index in [1.165, 1.54) is 94.2 Å². The summed E-state index contributed by atoms with van der Waals surface area (Å²) < 4.78 is 1.42. The third kappa shape index (κ3) is 11.3. The molecule has 0 saturated heterocycles. The monoisotopic (exact) mass is 766 g/mol. The molecule has 0 spiro atoms. The van der Waals surface area contributed by atoms with Crippen molar-refractivity contribution in [1.29, 1.82) is 0 Å². The van der Waals surface area contributed by atoms with E-state index in [9.17, 15) is 0 Å². The van der Waals surface area contributed by atoms with Gasteiger partial charge >= 0.3 is 112 Å². The maximum atomic E-state index is 3.67. The van der Waals surface area contributed by atoms with Crippen molar-refractivity contribution in [2.75, 3.05) is 0 Å². The van der Waals surface area contributed by atoms with Crippen molar-refractivity contribution in [3.8, 4) is 11.1 Å². The zero-order valence-corrected chi connectivity index (χ0v) is 35.7. The number of halogens is 2. The minimum Gasteiger partial charge on any atom is -1.00 e. The molecule has 0 heterocycles. The van der Waals surface area contributed by atoms with Crippen LogP contribution in [0, 0.1) is 37.8 Å². The van der Waals surface area contributed by atoms with Gasteiger partial charge in [-0.15, -0.1) is 11.1 Å². The van der Waals surface area contributed by atoms with E-state index in [2.05, 4.69) is 180 Å². The van der Waals surface area contributed by atoms with Crippen molar-refractivity contribution in [1.82, 2.24) is 0 Å². The second kappa shape index (κ2) is 17.8. The van der Waals surface area contributed by atoms with Gasteiger partial charge in [0.05, 0.1) is 0 Å². The zero-order valence-electron chi connectivity index (χ0n) is 31.7. The van der Waals surface area contributed by atoms with Crippen LogP contribution in [0.25, 0.3) is 11.1 Å². The quantitative estimate of drug-likeness (QED) is 0.197. The molecule has 4 aromatic rings. The summed E-state index contributed by atoms with van der Waals surface area (Å²) in [6.07, 6.45) is 6.70. The molecule has 1 atom stereocenters. The fourth-order valence-electron chi connectivity index (χ4n) is 6.12. The molecule has 4 aromatic carbocycles. The van der Waals surface area contributed by atoms with Crippen molar-refractivity contribution in [2.24, 2.45) is 11.8 Å². The SMILES string of the molecule is CC(C)(C)c1[c-]c2c(cc1)-c1ccc(C(C)(C)C)cc1C2.CC1=[C-]C(C)C=C1C(C)C.Cc1ccc([C](=[Zr+2])c2ccc(C)cc2)cc1.[Cl-].[Cl-]. The number of rotatable bonds is 3. The Balaban J connectivity index is 0.000000265. The van der Waals surface area contributed by atoms with Gasteiger partial charge in [-0.3, -0.25) is 6.08 Å². The Morgan fingerprint density at radius 1 is 0.714 bits per heavy atom. The van der Waals surface area contributed by atoms with E-state index in [-0.39, 0.29) is 35.6 Å². The van der Waals surface area contributed by atoms with Gasteiger partial charge in [-0.25, -0.2) is 5.57 Å². The van der Waals surface area contributed by atoms with E-state index in [0.29, 0.717) is 11.8 Å². The molecule has 258 valence electrons. The number of aryl methyl sites for hydroxylation is 2. The van der Waals surface area contributed by atoms with E-state index in [0.717, 1.165) is 6.42 Å². The Bertz CT molecular complexity index is 1660. The first-order valence-corrected chi connectivity index (χ1v) is 18.4. The number of hydrogen-bond donors (Lipinski definition) is 0. The molecular formula is C46H54Cl2Zr-2. The minimum atomic E-state index is 0.